The van der Waals surface area contributed by atoms with Crippen molar-refractivity contribution in [3.8, 4) is 16.8 Å². The topological polar surface area (TPSA) is 144 Å². The molecular weight excluding hydrogens is 620 g/mol. The summed E-state index contributed by atoms with van der Waals surface area (Å²) in [6.07, 6.45) is 10.2. The second-order valence-corrected chi connectivity index (χ2v) is 12.1. The maximum Gasteiger partial charge on any atom is 0.309 e. The van der Waals surface area contributed by atoms with Crippen LogP contribution >= 0.6 is 11.6 Å². The lowest BCUT2D eigenvalue weighted by atomic mass is 9.95. The van der Waals surface area contributed by atoms with Crippen molar-refractivity contribution in [2.75, 3.05) is 25.5 Å². The molecule has 2 atom stereocenters. The molecule has 4 aromatic rings. The first kappa shape index (κ1) is 31.9. The second-order valence-electron chi connectivity index (χ2n) is 11.6. The molecule has 47 heavy (non-hydrogen) atoms. The maximum atomic E-state index is 13.5. The summed E-state index contributed by atoms with van der Waals surface area (Å²) in [5.74, 6) is -0.561. The second kappa shape index (κ2) is 14.5. The average molecular weight is 655 g/mol. The molecule has 2 amide bonds. The van der Waals surface area contributed by atoms with E-state index in [1.165, 1.54) is 24.2 Å². The average Bonchev–Trinajstić information content (AvgIpc) is 3.58. The third-order valence-electron chi connectivity index (χ3n) is 8.46. The third-order valence-corrected chi connectivity index (χ3v) is 8.69. The van der Waals surface area contributed by atoms with E-state index in [9.17, 15) is 14.4 Å². The number of carbonyl (C=O) groups excluding carboxylic acids is 3. The maximum absolute atomic E-state index is 13.5. The van der Waals surface area contributed by atoms with Gasteiger partial charge in [0.15, 0.2) is 0 Å². The molecule has 0 spiro atoms. The van der Waals surface area contributed by atoms with Crippen LogP contribution in [0.4, 0.5) is 5.69 Å². The molecular formula is C34H35ClN8O4. The minimum Gasteiger partial charge on any atom is -0.469 e. The van der Waals surface area contributed by atoms with Gasteiger partial charge >= 0.3 is 5.97 Å². The summed E-state index contributed by atoms with van der Waals surface area (Å²) >= 11 is 6.25. The number of esters is 1. The van der Waals surface area contributed by atoms with Crippen LogP contribution in [0.5, 0.6) is 0 Å². The number of tetrazole rings is 1. The van der Waals surface area contributed by atoms with E-state index < -0.39 is 6.04 Å². The fourth-order valence-corrected chi connectivity index (χ4v) is 6.02. The van der Waals surface area contributed by atoms with Gasteiger partial charge in [0, 0.05) is 47.2 Å². The van der Waals surface area contributed by atoms with Crippen molar-refractivity contribution in [1.82, 2.24) is 35.4 Å². The highest BCUT2D eigenvalue weighted by molar-refractivity contribution is 6.30. The number of carbonyl (C=O) groups is 3. The molecule has 0 radical (unpaired) electrons. The Morgan fingerprint density at radius 1 is 1.06 bits per heavy atom. The van der Waals surface area contributed by atoms with Crippen LogP contribution in [-0.2, 0) is 25.5 Å². The number of amides is 2. The fourth-order valence-electron chi connectivity index (χ4n) is 5.84. The molecule has 0 saturated carbocycles. The molecule has 6 rings (SSSR count). The fraction of sp³-hybridized carbons (Fsp3) is 0.324. The number of nitrogens with zero attached hydrogens (tertiary/aromatic N) is 6. The number of anilines is 1. The normalized spacial score (nSPS) is 17.8. The summed E-state index contributed by atoms with van der Waals surface area (Å²) in [6, 6.07) is 14.1. The van der Waals surface area contributed by atoms with E-state index in [1.54, 1.807) is 30.5 Å². The molecule has 1 saturated heterocycles. The number of halogens is 1. The first-order chi connectivity index (χ1) is 22.9. The van der Waals surface area contributed by atoms with Crippen LogP contribution in [0.25, 0.3) is 22.9 Å². The van der Waals surface area contributed by atoms with E-state index in [2.05, 4.69) is 31.1 Å². The van der Waals surface area contributed by atoms with Gasteiger partial charge in [-0.15, -0.1) is 5.10 Å². The Balaban J connectivity index is 1.29. The molecule has 2 aromatic heterocycles. The van der Waals surface area contributed by atoms with Crippen molar-refractivity contribution in [2.24, 2.45) is 0 Å². The highest BCUT2D eigenvalue weighted by atomic mass is 35.5. The number of ether oxygens (including phenoxy) is 1. The van der Waals surface area contributed by atoms with E-state index in [0.29, 0.717) is 29.1 Å². The van der Waals surface area contributed by atoms with E-state index in [0.717, 1.165) is 60.4 Å². The molecule has 1 fully saturated rings. The van der Waals surface area contributed by atoms with Gasteiger partial charge in [-0.05, 0) is 83.3 Å². The summed E-state index contributed by atoms with van der Waals surface area (Å²) in [6.45, 7) is 1.52. The monoisotopic (exact) mass is 654 g/mol. The summed E-state index contributed by atoms with van der Waals surface area (Å²) < 4.78 is 6.39. The number of hydrogen-bond donors (Lipinski definition) is 2. The standard InChI is InChI=1S/C34H35ClN8O4/c1-47-33(45)18-22-7-10-26-23-13-14-36-30(20-23)27(5-2-3-6-28(38-29(26)17-22)34(46)42-15-4-16-42)39-32(44)12-8-24-19-25(35)9-11-31(24)43-21-37-40-41-43/h7-14,17,19-21,27-28,38H,2-6,15-16,18H2,1H3,(H,39,44)/b12-8+/t27-,28+/m0/s1. The molecule has 2 aromatic carbocycles. The van der Waals surface area contributed by atoms with Crippen molar-refractivity contribution in [3.63, 3.8) is 0 Å². The van der Waals surface area contributed by atoms with E-state index in [1.807, 2.05) is 35.2 Å². The Bertz CT molecular complexity index is 1790. The van der Waals surface area contributed by atoms with Crippen molar-refractivity contribution >= 4 is 41.1 Å². The molecule has 2 aliphatic rings. The van der Waals surface area contributed by atoms with Gasteiger partial charge in [-0.25, -0.2) is 0 Å². The third kappa shape index (κ3) is 7.66. The minimum atomic E-state index is -0.425. The molecule has 2 N–H and O–H groups in total. The zero-order valence-corrected chi connectivity index (χ0v) is 26.7. The molecule has 2 aliphatic heterocycles. The number of hydrogen-bond acceptors (Lipinski definition) is 9. The number of pyridine rings is 1. The first-order valence-electron chi connectivity index (χ1n) is 15.6. The number of fused-ring (bicyclic) bond motifs is 4. The highest BCUT2D eigenvalue weighted by Gasteiger charge is 2.29. The number of aromatic nitrogens is 5. The minimum absolute atomic E-state index is 0.0742. The number of rotatable bonds is 7. The number of benzene rings is 2. The van der Waals surface area contributed by atoms with Crippen LogP contribution in [-0.4, -0.2) is 74.1 Å². The van der Waals surface area contributed by atoms with Gasteiger partial charge in [-0.2, -0.15) is 4.68 Å². The Kier molecular flexibility index (Phi) is 9.86. The predicted octanol–water partition coefficient (Wildman–Crippen LogP) is 4.55. The Hall–Kier alpha value is -5.10. The largest absolute Gasteiger partial charge is 0.469 e. The molecule has 4 heterocycles. The van der Waals surface area contributed by atoms with Crippen molar-refractivity contribution in [1.29, 1.82) is 0 Å². The van der Waals surface area contributed by atoms with Crippen LogP contribution in [0.15, 0.2) is 67.1 Å². The lowest BCUT2D eigenvalue weighted by Gasteiger charge is -2.35. The van der Waals surface area contributed by atoms with E-state index in [4.69, 9.17) is 16.3 Å². The summed E-state index contributed by atoms with van der Waals surface area (Å²) in [5, 5.41) is 18.5. The van der Waals surface area contributed by atoms with E-state index >= 15 is 0 Å². The van der Waals surface area contributed by atoms with Crippen LogP contribution in [0.3, 0.4) is 0 Å². The Morgan fingerprint density at radius 2 is 1.91 bits per heavy atom. The SMILES string of the molecule is COC(=O)Cc1ccc2c(c1)N[C@@H](C(=O)N1CCC1)CCCC[C@H](NC(=O)/C=C/c1cc(Cl)ccc1-n1cnnn1)c1cc-2ccn1. The molecule has 2 bridgehead atoms. The van der Waals surface area contributed by atoms with Gasteiger partial charge in [0.2, 0.25) is 11.8 Å². The van der Waals surface area contributed by atoms with Gasteiger partial charge in [-0.3, -0.25) is 19.4 Å². The number of methoxy groups -OCH3 is 1. The van der Waals surface area contributed by atoms with E-state index in [-0.39, 0.29) is 30.2 Å². The highest BCUT2D eigenvalue weighted by Crippen LogP contribution is 2.33. The quantitative estimate of drug-likeness (QED) is 0.217. The van der Waals surface area contributed by atoms with Gasteiger partial charge in [0.1, 0.15) is 12.4 Å². The smallest absolute Gasteiger partial charge is 0.309 e. The van der Waals surface area contributed by atoms with Crippen molar-refractivity contribution in [2.45, 2.75) is 50.6 Å². The van der Waals surface area contributed by atoms with Gasteiger partial charge in [0.25, 0.3) is 0 Å². The molecule has 0 aliphatic carbocycles. The van der Waals surface area contributed by atoms with Gasteiger partial charge in [-0.1, -0.05) is 36.6 Å². The predicted molar refractivity (Wildman–Crippen MR) is 177 cm³/mol. The number of likely N-dealkylation sites (tertiary alicyclic amines) is 1. The zero-order valence-electron chi connectivity index (χ0n) is 25.9. The summed E-state index contributed by atoms with van der Waals surface area (Å²) in [4.78, 5) is 45.5. The first-order valence-corrected chi connectivity index (χ1v) is 16.0. The molecule has 0 unspecified atom stereocenters. The van der Waals surface area contributed by atoms with Crippen molar-refractivity contribution in [3.05, 3.63) is 89.0 Å². The molecule has 242 valence electrons. The lowest BCUT2D eigenvalue weighted by Crippen LogP contribution is -2.49. The van der Waals surface area contributed by atoms with Crippen LogP contribution < -0.4 is 10.6 Å². The van der Waals surface area contributed by atoms with Crippen LogP contribution in [0.1, 0.15) is 55.0 Å². The van der Waals surface area contributed by atoms with Crippen LogP contribution in [0.2, 0.25) is 5.02 Å². The van der Waals surface area contributed by atoms with Crippen molar-refractivity contribution < 1.29 is 19.1 Å². The molecule has 12 nitrogen and oxygen atoms in total. The summed E-state index contributed by atoms with van der Waals surface area (Å²) in [7, 11) is 1.37. The zero-order chi connectivity index (χ0) is 32.8. The Morgan fingerprint density at radius 3 is 2.68 bits per heavy atom. The lowest BCUT2D eigenvalue weighted by molar-refractivity contribution is -0.140. The van der Waals surface area contributed by atoms with Gasteiger partial charge < -0.3 is 20.3 Å². The van der Waals surface area contributed by atoms with Gasteiger partial charge in [0.05, 0.1) is 31.0 Å². The Labute approximate surface area is 277 Å². The van der Waals surface area contributed by atoms with Crippen LogP contribution in [0, 0.1) is 0 Å². The molecule has 13 heteroatoms. The summed E-state index contributed by atoms with van der Waals surface area (Å²) in [5.41, 5.74) is 5.34. The number of nitrogens with one attached hydrogen (secondary N) is 2.